The average Bonchev–Trinajstić information content (AvgIpc) is 2.35. The first kappa shape index (κ1) is 12.7. The van der Waals surface area contributed by atoms with Gasteiger partial charge < -0.3 is 10.6 Å². The summed E-state index contributed by atoms with van der Waals surface area (Å²) in [5.74, 6) is -0.00949. The smallest absolute Gasteiger partial charge is 0.251 e. The predicted molar refractivity (Wildman–Crippen MR) is 66.7 cm³/mol. The van der Waals surface area contributed by atoms with E-state index in [0.29, 0.717) is 12.6 Å². The van der Waals surface area contributed by atoms with Gasteiger partial charge >= 0.3 is 0 Å². The number of hydrogen-bond acceptors (Lipinski definition) is 2. The van der Waals surface area contributed by atoms with Crippen molar-refractivity contribution in [2.75, 3.05) is 13.6 Å². The van der Waals surface area contributed by atoms with Crippen molar-refractivity contribution in [3.63, 3.8) is 0 Å². The second kappa shape index (κ2) is 6.28. The largest absolute Gasteiger partial charge is 0.350 e. The lowest BCUT2D eigenvalue weighted by atomic mass is 10.1. The summed E-state index contributed by atoms with van der Waals surface area (Å²) in [7, 11) is 1.88. The van der Waals surface area contributed by atoms with E-state index in [1.807, 2.05) is 38.2 Å². The third-order valence-electron chi connectivity index (χ3n) is 2.69. The Kier molecular flexibility index (Phi) is 4.99. The zero-order chi connectivity index (χ0) is 12.0. The summed E-state index contributed by atoms with van der Waals surface area (Å²) in [4.78, 5) is 11.7. The highest BCUT2D eigenvalue weighted by Gasteiger charge is 2.06. The standard InChI is InChI=1S/C13H20N2O/c1-4-11-5-7-12(8-6-11)13(16)15-9-10(2)14-3/h5-8,10,14H,4,9H2,1-3H3,(H,15,16). The maximum atomic E-state index is 11.7. The minimum Gasteiger partial charge on any atom is -0.350 e. The number of rotatable bonds is 5. The van der Waals surface area contributed by atoms with Crippen molar-refractivity contribution in [1.29, 1.82) is 0 Å². The molecule has 2 N–H and O–H groups in total. The summed E-state index contributed by atoms with van der Waals surface area (Å²) in [6, 6.07) is 8.03. The molecular formula is C13H20N2O. The quantitative estimate of drug-likeness (QED) is 0.791. The third-order valence-corrected chi connectivity index (χ3v) is 2.69. The summed E-state index contributed by atoms with van der Waals surface area (Å²) >= 11 is 0. The molecule has 1 unspecified atom stereocenters. The first-order valence-corrected chi connectivity index (χ1v) is 5.71. The normalized spacial score (nSPS) is 12.2. The summed E-state index contributed by atoms with van der Waals surface area (Å²) in [5, 5.41) is 5.96. The molecule has 0 heterocycles. The Morgan fingerprint density at radius 3 is 2.44 bits per heavy atom. The van der Waals surface area contributed by atoms with Gasteiger partial charge in [0.15, 0.2) is 0 Å². The highest BCUT2D eigenvalue weighted by Crippen LogP contribution is 2.04. The van der Waals surface area contributed by atoms with Crippen LogP contribution in [0.15, 0.2) is 24.3 Å². The minimum absolute atomic E-state index is 0.00949. The summed E-state index contributed by atoms with van der Waals surface area (Å²) in [5.41, 5.74) is 1.97. The number of likely N-dealkylation sites (N-methyl/N-ethyl adjacent to an activating group) is 1. The van der Waals surface area contributed by atoms with Crippen LogP contribution in [0.2, 0.25) is 0 Å². The highest BCUT2D eigenvalue weighted by atomic mass is 16.1. The molecule has 1 rings (SSSR count). The summed E-state index contributed by atoms with van der Waals surface area (Å²) in [6.45, 7) is 4.77. The van der Waals surface area contributed by atoms with Crippen LogP contribution >= 0.6 is 0 Å². The Labute approximate surface area is 97.2 Å². The predicted octanol–water partition coefficient (Wildman–Crippen LogP) is 1.59. The van der Waals surface area contributed by atoms with E-state index < -0.39 is 0 Å². The fraction of sp³-hybridized carbons (Fsp3) is 0.462. The van der Waals surface area contributed by atoms with Crippen LogP contribution in [0.25, 0.3) is 0 Å². The first-order chi connectivity index (χ1) is 7.67. The van der Waals surface area contributed by atoms with E-state index in [-0.39, 0.29) is 5.91 Å². The van der Waals surface area contributed by atoms with Crippen molar-refractivity contribution >= 4 is 5.91 Å². The van der Waals surface area contributed by atoms with Crippen LogP contribution in [0.5, 0.6) is 0 Å². The fourth-order valence-electron chi connectivity index (χ4n) is 1.34. The van der Waals surface area contributed by atoms with Crippen LogP contribution < -0.4 is 10.6 Å². The SMILES string of the molecule is CCc1ccc(C(=O)NCC(C)NC)cc1. The summed E-state index contributed by atoms with van der Waals surface area (Å²) < 4.78 is 0. The number of carbonyl (C=O) groups excluding carboxylic acids is 1. The Hall–Kier alpha value is -1.35. The Morgan fingerprint density at radius 2 is 1.94 bits per heavy atom. The first-order valence-electron chi connectivity index (χ1n) is 5.71. The molecule has 1 amide bonds. The fourth-order valence-corrected chi connectivity index (χ4v) is 1.34. The number of hydrogen-bond donors (Lipinski definition) is 2. The lowest BCUT2D eigenvalue weighted by Crippen LogP contribution is -2.37. The number of nitrogens with one attached hydrogen (secondary N) is 2. The van der Waals surface area contributed by atoms with Gasteiger partial charge in [-0.15, -0.1) is 0 Å². The van der Waals surface area contributed by atoms with Gasteiger partial charge in [0.05, 0.1) is 0 Å². The molecule has 0 saturated heterocycles. The Morgan fingerprint density at radius 1 is 1.31 bits per heavy atom. The molecule has 1 atom stereocenters. The average molecular weight is 220 g/mol. The molecule has 3 nitrogen and oxygen atoms in total. The van der Waals surface area contributed by atoms with Crippen LogP contribution in [0, 0.1) is 0 Å². The van der Waals surface area contributed by atoms with E-state index in [1.54, 1.807) is 0 Å². The number of carbonyl (C=O) groups is 1. The van der Waals surface area contributed by atoms with Crippen LogP contribution in [0.3, 0.4) is 0 Å². The molecule has 0 bridgehead atoms. The van der Waals surface area contributed by atoms with Crippen LogP contribution in [0.4, 0.5) is 0 Å². The topological polar surface area (TPSA) is 41.1 Å². The van der Waals surface area contributed by atoms with E-state index in [9.17, 15) is 4.79 Å². The highest BCUT2D eigenvalue weighted by molar-refractivity contribution is 5.94. The van der Waals surface area contributed by atoms with Gasteiger partial charge in [-0.25, -0.2) is 0 Å². The second-order valence-electron chi connectivity index (χ2n) is 3.95. The molecule has 16 heavy (non-hydrogen) atoms. The molecule has 3 heteroatoms. The van der Waals surface area contributed by atoms with E-state index >= 15 is 0 Å². The molecule has 88 valence electrons. The molecule has 0 spiro atoms. The van der Waals surface area contributed by atoms with Crippen molar-refractivity contribution in [3.05, 3.63) is 35.4 Å². The summed E-state index contributed by atoms with van der Waals surface area (Å²) in [6.07, 6.45) is 0.999. The van der Waals surface area contributed by atoms with Gasteiger partial charge in [0.1, 0.15) is 0 Å². The van der Waals surface area contributed by atoms with Crippen molar-refractivity contribution in [2.24, 2.45) is 0 Å². The monoisotopic (exact) mass is 220 g/mol. The van der Waals surface area contributed by atoms with Gasteiger partial charge in [0, 0.05) is 18.2 Å². The van der Waals surface area contributed by atoms with Crippen LogP contribution in [0.1, 0.15) is 29.8 Å². The van der Waals surface area contributed by atoms with E-state index in [0.717, 1.165) is 12.0 Å². The van der Waals surface area contributed by atoms with Gasteiger partial charge in [-0.2, -0.15) is 0 Å². The Balaban J connectivity index is 2.52. The van der Waals surface area contributed by atoms with Gasteiger partial charge in [-0.1, -0.05) is 19.1 Å². The van der Waals surface area contributed by atoms with E-state index in [2.05, 4.69) is 17.6 Å². The van der Waals surface area contributed by atoms with Crippen molar-refractivity contribution in [1.82, 2.24) is 10.6 Å². The van der Waals surface area contributed by atoms with Crippen LogP contribution in [-0.2, 0) is 6.42 Å². The number of benzene rings is 1. The maximum Gasteiger partial charge on any atom is 0.251 e. The lowest BCUT2D eigenvalue weighted by Gasteiger charge is -2.11. The minimum atomic E-state index is -0.00949. The lowest BCUT2D eigenvalue weighted by molar-refractivity contribution is 0.0950. The third kappa shape index (κ3) is 3.66. The number of aryl methyl sites for hydroxylation is 1. The van der Waals surface area contributed by atoms with Gasteiger partial charge in [-0.05, 0) is 38.1 Å². The molecule has 0 aliphatic carbocycles. The van der Waals surface area contributed by atoms with Gasteiger partial charge in [0.2, 0.25) is 0 Å². The molecular weight excluding hydrogens is 200 g/mol. The molecule has 1 aromatic rings. The molecule has 1 aromatic carbocycles. The van der Waals surface area contributed by atoms with Crippen LogP contribution in [-0.4, -0.2) is 25.5 Å². The van der Waals surface area contributed by atoms with E-state index in [1.165, 1.54) is 5.56 Å². The Bertz CT molecular complexity index is 332. The molecule has 0 aliphatic heterocycles. The zero-order valence-corrected chi connectivity index (χ0v) is 10.2. The molecule has 0 aliphatic rings. The molecule has 0 radical (unpaired) electrons. The van der Waals surface area contributed by atoms with Gasteiger partial charge in [-0.3, -0.25) is 4.79 Å². The van der Waals surface area contributed by atoms with E-state index in [4.69, 9.17) is 0 Å². The van der Waals surface area contributed by atoms with Crippen molar-refractivity contribution < 1.29 is 4.79 Å². The second-order valence-corrected chi connectivity index (χ2v) is 3.95. The molecule has 0 saturated carbocycles. The van der Waals surface area contributed by atoms with Crippen molar-refractivity contribution in [2.45, 2.75) is 26.3 Å². The zero-order valence-electron chi connectivity index (χ0n) is 10.2. The van der Waals surface area contributed by atoms with Crippen molar-refractivity contribution in [3.8, 4) is 0 Å². The molecule has 0 aromatic heterocycles. The molecule has 0 fully saturated rings. The van der Waals surface area contributed by atoms with Gasteiger partial charge in [0.25, 0.3) is 5.91 Å². The maximum absolute atomic E-state index is 11.7. The number of amides is 1.